The van der Waals surface area contributed by atoms with Crippen molar-refractivity contribution >= 4 is 28.9 Å². The topological polar surface area (TPSA) is 98.4 Å². The van der Waals surface area contributed by atoms with Crippen molar-refractivity contribution < 1.29 is 14.4 Å². The summed E-state index contributed by atoms with van der Waals surface area (Å²) in [7, 11) is 0. The molecule has 2 aliphatic heterocycles. The number of fused-ring (bicyclic) bond motifs is 1. The molecule has 2 fully saturated rings. The number of H-pyrrole nitrogens is 1. The first-order valence-electron chi connectivity index (χ1n) is 10.0. The number of aromatic amines is 1. The maximum Gasteiger partial charge on any atom is 0.324 e. The van der Waals surface area contributed by atoms with Crippen LogP contribution >= 0.6 is 0 Å². The first kappa shape index (κ1) is 18.4. The number of imide groups is 1. The molecule has 0 aliphatic carbocycles. The molecular formula is C22H21N5O3. The summed E-state index contributed by atoms with van der Waals surface area (Å²) in [5.74, 6) is 0.530. The predicted molar refractivity (Wildman–Crippen MR) is 109 cm³/mol. The van der Waals surface area contributed by atoms with Crippen LogP contribution in [0.4, 0.5) is 4.79 Å². The molecule has 3 aromatic rings. The Morgan fingerprint density at radius 1 is 1.10 bits per heavy atom. The van der Waals surface area contributed by atoms with Gasteiger partial charge in [-0.2, -0.15) is 0 Å². The zero-order chi connectivity index (χ0) is 20.7. The van der Waals surface area contributed by atoms with E-state index < -0.39 is 0 Å². The third-order valence-corrected chi connectivity index (χ3v) is 5.72. The monoisotopic (exact) mass is 403 g/mol. The minimum absolute atomic E-state index is 0.0353. The van der Waals surface area contributed by atoms with Gasteiger partial charge in [-0.15, -0.1) is 0 Å². The Morgan fingerprint density at radius 2 is 1.90 bits per heavy atom. The lowest BCUT2D eigenvalue weighted by Gasteiger charge is -2.23. The fourth-order valence-electron chi connectivity index (χ4n) is 4.14. The lowest BCUT2D eigenvalue weighted by molar-refractivity contribution is -0.125. The van der Waals surface area contributed by atoms with Crippen molar-refractivity contribution in [2.24, 2.45) is 0 Å². The van der Waals surface area contributed by atoms with E-state index in [1.807, 2.05) is 29.2 Å². The summed E-state index contributed by atoms with van der Waals surface area (Å²) < 4.78 is 0. The van der Waals surface area contributed by atoms with Crippen molar-refractivity contribution in [2.75, 3.05) is 13.1 Å². The van der Waals surface area contributed by atoms with E-state index in [1.165, 1.54) is 4.90 Å². The van der Waals surface area contributed by atoms with E-state index in [4.69, 9.17) is 0 Å². The molecule has 5 rings (SSSR count). The van der Waals surface area contributed by atoms with Gasteiger partial charge in [0.1, 0.15) is 5.82 Å². The molecule has 2 aliphatic rings. The Balaban J connectivity index is 1.33. The van der Waals surface area contributed by atoms with Gasteiger partial charge in [-0.3, -0.25) is 14.5 Å². The van der Waals surface area contributed by atoms with Crippen LogP contribution in [0, 0.1) is 0 Å². The van der Waals surface area contributed by atoms with Gasteiger partial charge in [0, 0.05) is 12.1 Å². The zero-order valence-corrected chi connectivity index (χ0v) is 16.3. The number of amides is 4. The number of carbonyl (C=O) groups excluding carboxylic acids is 3. The summed E-state index contributed by atoms with van der Waals surface area (Å²) in [6.07, 6.45) is 1.80. The average Bonchev–Trinajstić information content (AvgIpc) is 3.48. The second-order valence-electron chi connectivity index (χ2n) is 7.63. The lowest BCUT2D eigenvalue weighted by atomic mass is 10.1. The number of carbonyl (C=O) groups is 3. The third kappa shape index (κ3) is 3.20. The largest absolute Gasteiger partial charge is 0.340 e. The molecule has 3 heterocycles. The maximum atomic E-state index is 13.2. The van der Waals surface area contributed by atoms with E-state index >= 15 is 0 Å². The number of aromatic nitrogens is 2. The summed E-state index contributed by atoms with van der Waals surface area (Å²) in [6.45, 7) is 0.919. The van der Waals surface area contributed by atoms with Crippen LogP contribution in [0.25, 0.3) is 11.0 Å². The van der Waals surface area contributed by atoms with Crippen LogP contribution < -0.4 is 5.32 Å². The van der Waals surface area contributed by atoms with Crippen LogP contribution in [0.15, 0.2) is 48.5 Å². The molecule has 2 saturated heterocycles. The van der Waals surface area contributed by atoms with E-state index in [1.54, 1.807) is 24.3 Å². The minimum atomic E-state index is -0.383. The number of likely N-dealkylation sites (tertiary alicyclic amines) is 1. The summed E-state index contributed by atoms with van der Waals surface area (Å²) in [4.78, 5) is 47.7. The van der Waals surface area contributed by atoms with Gasteiger partial charge in [-0.1, -0.05) is 24.3 Å². The molecule has 1 atom stereocenters. The number of rotatable bonds is 4. The number of hydrogen-bond acceptors (Lipinski definition) is 4. The maximum absolute atomic E-state index is 13.2. The van der Waals surface area contributed by atoms with Crippen LogP contribution in [0.3, 0.4) is 0 Å². The molecule has 8 nitrogen and oxygen atoms in total. The van der Waals surface area contributed by atoms with Crippen molar-refractivity contribution in [1.29, 1.82) is 0 Å². The average molecular weight is 403 g/mol. The summed E-state index contributed by atoms with van der Waals surface area (Å²) >= 11 is 0. The molecule has 0 spiro atoms. The first-order valence-corrected chi connectivity index (χ1v) is 10.0. The van der Waals surface area contributed by atoms with E-state index in [2.05, 4.69) is 15.3 Å². The second-order valence-corrected chi connectivity index (χ2v) is 7.63. The van der Waals surface area contributed by atoms with E-state index in [9.17, 15) is 14.4 Å². The smallest absolute Gasteiger partial charge is 0.324 e. The molecule has 152 valence electrons. The van der Waals surface area contributed by atoms with Gasteiger partial charge in [0.25, 0.3) is 5.91 Å². The number of nitrogens with zero attached hydrogens (tertiary/aromatic N) is 3. The Morgan fingerprint density at radius 3 is 2.63 bits per heavy atom. The molecule has 2 N–H and O–H groups in total. The van der Waals surface area contributed by atoms with Crippen molar-refractivity contribution in [3.8, 4) is 0 Å². The number of imidazole rings is 1. The van der Waals surface area contributed by atoms with Gasteiger partial charge < -0.3 is 15.2 Å². The highest BCUT2D eigenvalue weighted by Gasteiger charge is 2.33. The quantitative estimate of drug-likeness (QED) is 0.654. The normalized spacial score (nSPS) is 19.0. The molecule has 0 saturated carbocycles. The van der Waals surface area contributed by atoms with Crippen LogP contribution in [-0.4, -0.2) is 50.7 Å². The number of benzene rings is 2. The van der Waals surface area contributed by atoms with Gasteiger partial charge in [0.2, 0.25) is 5.91 Å². The minimum Gasteiger partial charge on any atom is -0.340 e. The SMILES string of the molecule is O=C1CNC(=O)N1Cc1ccc(C(=O)N2CCC[C@@H]2c2nc3ccccc3[nH]2)cc1. The van der Waals surface area contributed by atoms with E-state index in [0.29, 0.717) is 12.1 Å². The van der Waals surface area contributed by atoms with Crippen molar-refractivity contribution in [3.05, 3.63) is 65.5 Å². The highest BCUT2D eigenvalue weighted by Crippen LogP contribution is 2.32. The second kappa shape index (κ2) is 7.29. The van der Waals surface area contributed by atoms with Crippen LogP contribution in [0.5, 0.6) is 0 Å². The van der Waals surface area contributed by atoms with Crippen LogP contribution in [0.1, 0.15) is 40.6 Å². The molecule has 4 amide bonds. The van der Waals surface area contributed by atoms with Crippen LogP contribution in [0.2, 0.25) is 0 Å². The first-order chi connectivity index (χ1) is 14.6. The fourth-order valence-corrected chi connectivity index (χ4v) is 4.14. The van der Waals surface area contributed by atoms with E-state index in [0.717, 1.165) is 35.3 Å². The van der Waals surface area contributed by atoms with Crippen molar-refractivity contribution in [1.82, 2.24) is 25.1 Å². The number of hydrogen-bond donors (Lipinski definition) is 2. The highest BCUT2D eigenvalue weighted by molar-refractivity contribution is 6.01. The molecule has 0 bridgehead atoms. The van der Waals surface area contributed by atoms with Crippen molar-refractivity contribution in [2.45, 2.75) is 25.4 Å². The number of urea groups is 1. The van der Waals surface area contributed by atoms with E-state index in [-0.39, 0.29) is 37.0 Å². The molecule has 2 aromatic carbocycles. The Bertz CT molecular complexity index is 1090. The Labute approximate surface area is 172 Å². The molecule has 0 radical (unpaired) electrons. The zero-order valence-electron chi connectivity index (χ0n) is 16.3. The predicted octanol–water partition coefficient (Wildman–Crippen LogP) is 2.59. The summed E-state index contributed by atoms with van der Waals surface area (Å²) in [6, 6.07) is 14.5. The van der Waals surface area contributed by atoms with Gasteiger partial charge in [-0.25, -0.2) is 9.78 Å². The summed E-state index contributed by atoms with van der Waals surface area (Å²) in [5, 5.41) is 2.50. The van der Waals surface area contributed by atoms with Gasteiger partial charge >= 0.3 is 6.03 Å². The molecule has 8 heteroatoms. The molecule has 1 aromatic heterocycles. The standard InChI is InChI=1S/C22H21N5O3/c28-19-12-23-22(30)27(19)13-14-7-9-15(10-8-14)21(29)26-11-3-6-18(26)20-24-16-4-1-2-5-17(16)25-20/h1-2,4-5,7-10,18H,3,6,11-13H2,(H,23,30)(H,24,25)/t18-/m1/s1. The summed E-state index contributed by atoms with van der Waals surface area (Å²) in [5.41, 5.74) is 3.25. The Hall–Kier alpha value is -3.68. The fraction of sp³-hybridized carbons (Fsp3) is 0.273. The molecule has 30 heavy (non-hydrogen) atoms. The van der Waals surface area contributed by atoms with Crippen molar-refractivity contribution in [3.63, 3.8) is 0 Å². The number of para-hydroxylation sites is 2. The van der Waals surface area contributed by atoms with Crippen LogP contribution in [-0.2, 0) is 11.3 Å². The lowest BCUT2D eigenvalue weighted by Crippen LogP contribution is -2.31. The molecule has 0 unspecified atom stereocenters. The number of nitrogens with one attached hydrogen (secondary N) is 2. The van der Waals surface area contributed by atoms with Gasteiger partial charge in [-0.05, 0) is 42.7 Å². The highest BCUT2D eigenvalue weighted by atomic mass is 16.2. The Kier molecular flexibility index (Phi) is 4.46. The van der Waals surface area contributed by atoms with Gasteiger partial charge in [0.15, 0.2) is 0 Å². The molecular weight excluding hydrogens is 382 g/mol. The third-order valence-electron chi connectivity index (χ3n) is 5.72. The van der Waals surface area contributed by atoms with Gasteiger partial charge in [0.05, 0.1) is 30.2 Å².